The summed E-state index contributed by atoms with van der Waals surface area (Å²) in [6.07, 6.45) is 6.51. The molecule has 0 amide bonds. The molecule has 0 radical (unpaired) electrons. The Kier molecular flexibility index (Phi) is 4.37. The number of rotatable bonds is 6. The Balaban J connectivity index is 1.50. The molecular formula is C15H17N5S. The molecule has 108 valence electrons. The number of aromatic nitrogens is 4. The highest BCUT2D eigenvalue weighted by atomic mass is 32.1. The number of hydrogen-bond acceptors (Lipinski definition) is 5. The maximum absolute atomic E-state index is 4.61. The van der Waals surface area contributed by atoms with E-state index in [0.29, 0.717) is 0 Å². The molecule has 0 saturated carbocycles. The first-order chi connectivity index (χ1) is 10.3. The van der Waals surface area contributed by atoms with E-state index >= 15 is 0 Å². The van der Waals surface area contributed by atoms with Crippen LogP contribution in [-0.2, 0) is 20.0 Å². The zero-order chi connectivity index (χ0) is 14.5. The van der Waals surface area contributed by atoms with Crippen molar-refractivity contribution in [1.82, 2.24) is 24.8 Å². The first kappa shape index (κ1) is 13.9. The fourth-order valence-corrected chi connectivity index (χ4v) is 2.84. The van der Waals surface area contributed by atoms with Gasteiger partial charge in [-0.3, -0.25) is 4.98 Å². The van der Waals surface area contributed by atoms with Gasteiger partial charge in [0.05, 0.1) is 11.4 Å². The lowest BCUT2D eigenvalue weighted by atomic mass is 10.3. The Hall–Kier alpha value is -2.05. The van der Waals surface area contributed by atoms with Crippen LogP contribution in [-0.4, -0.2) is 26.1 Å². The molecule has 1 N–H and O–H groups in total. The number of pyridine rings is 1. The molecule has 0 aliphatic carbocycles. The average molecular weight is 299 g/mol. The Morgan fingerprint density at radius 2 is 2.19 bits per heavy atom. The van der Waals surface area contributed by atoms with E-state index in [-0.39, 0.29) is 0 Å². The minimum Gasteiger partial charge on any atom is -0.338 e. The minimum atomic E-state index is 0.772. The predicted molar refractivity (Wildman–Crippen MR) is 84.0 cm³/mol. The van der Waals surface area contributed by atoms with E-state index in [1.165, 1.54) is 0 Å². The fourth-order valence-electron chi connectivity index (χ4n) is 2.05. The van der Waals surface area contributed by atoms with E-state index in [1.807, 2.05) is 42.2 Å². The molecule has 0 aromatic carbocycles. The van der Waals surface area contributed by atoms with Crippen LogP contribution in [0.1, 0.15) is 11.5 Å². The molecule has 3 rings (SSSR count). The van der Waals surface area contributed by atoms with Crippen LogP contribution >= 0.6 is 11.3 Å². The van der Waals surface area contributed by atoms with Gasteiger partial charge < -0.3 is 9.88 Å². The van der Waals surface area contributed by atoms with Crippen LogP contribution < -0.4 is 5.32 Å². The first-order valence-electron chi connectivity index (χ1n) is 6.85. The molecular weight excluding hydrogens is 282 g/mol. The molecule has 3 heterocycles. The molecule has 0 atom stereocenters. The van der Waals surface area contributed by atoms with Gasteiger partial charge in [0, 0.05) is 50.5 Å². The van der Waals surface area contributed by atoms with E-state index in [1.54, 1.807) is 17.5 Å². The maximum Gasteiger partial charge on any atom is 0.142 e. The van der Waals surface area contributed by atoms with Gasteiger partial charge in [0.25, 0.3) is 0 Å². The minimum absolute atomic E-state index is 0.772. The Morgan fingerprint density at radius 3 is 2.95 bits per heavy atom. The molecule has 3 aromatic rings. The third-order valence-corrected chi connectivity index (χ3v) is 4.10. The summed E-state index contributed by atoms with van der Waals surface area (Å²) in [5.74, 6) is 1.09. The second-order valence-electron chi connectivity index (χ2n) is 4.74. The third kappa shape index (κ3) is 3.53. The summed E-state index contributed by atoms with van der Waals surface area (Å²) in [5, 5.41) is 6.45. The van der Waals surface area contributed by atoms with Crippen molar-refractivity contribution in [3.63, 3.8) is 0 Å². The van der Waals surface area contributed by atoms with Gasteiger partial charge in [-0.1, -0.05) is 6.07 Å². The fraction of sp³-hybridized carbons (Fsp3) is 0.267. The van der Waals surface area contributed by atoms with Gasteiger partial charge in [0.1, 0.15) is 10.8 Å². The Bertz CT molecular complexity index is 689. The summed E-state index contributed by atoms with van der Waals surface area (Å²) in [7, 11) is 2.02. The summed E-state index contributed by atoms with van der Waals surface area (Å²) in [6, 6.07) is 5.88. The largest absolute Gasteiger partial charge is 0.338 e. The second kappa shape index (κ2) is 6.60. The van der Waals surface area contributed by atoms with E-state index in [0.717, 1.165) is 41.7 Å². The van der Waals surface area contributed by atoms with Gasteiger partial charge in [-0.25, -0.2) is 9.97 Å². The Morgan fingerprint density at radius 1 is 1.24 bits per heavy atom. The van der Waals surface area contributed by atoms with Gasteiger partial charge in [-0.15, -0.1) is 11.3 Å². The van der Waals surface area contributed by atoms with Gasteiger partial charge in [-0.2, -0.15) is 0 Å². The van der Waals surface area contributed by atoms with Crippen molar-refractivity contribution in [3.8, 4) is 10.7 Å². The standard InChI is InChI=1S/C15H17N5S/c1-20-9-8-18-14(20)5-7-16-10-12-11-21-15(19-12)13-4-2-3-6-17-13/h2-4,6,8-9,11,16H,5,7,10H2,1H3. The average Bonchev–Trinajstić information content (AvgIpc) is 3.14. The lowest BCUT2D eigenvalue weighted by Gasteiger charge is -2.03. The number of nitrogens with one attached hydrogen (secondary N) is 1. The van der Waals surface area contributed by atoms with Gasteiger partial charge in [0.15, 0.2) is 0 Å². The van der Waals surface area contributed by atoms with Crippen LogP contribution in [0, 0.1) is 0 Å². The number of nitrogens with zero attached hydrogens (tertiary/aromatic N) is 4. The highest BCUT2D eigenvalue weighted by Gasteiger charge is 2.05. The van der Waals surface area contributed by atoms with Crippen molar-refractivity contribution in [2.24, 2.45) is 7.05 Å². The van der Waals surface area contributed by atoms with E-state index < -0.39 is 0 Å². The molecule has 0 fully saturated rings. The van der Waals surface area contributed by atoms with Crippen LogP contribution in [0.3, 0.4) is 0 Å². The zero-order valence-corrected chi connectivity index (χ0v) is 12.7. The molecule has 0 spiro atoms. The SMILES string of the molecule is Cn1ccnc1CCNCc1csc(-c2ccccn2)n1. The van der Waals surface area contributed by atoms with E-state index in [9.17, 15) is 0 Å². The molecule has 0 aliphatic heterocycles. The number of aryl methyl sites for hydroxylation is 1. The van der Waals surface area contributed by atoms with Crippen LogP contribution in [0.25, 0.3) is 10.7 Å². The highest BCUT2D eigenvalue weighted by molar-refractivity contribution is 7.13. The third-order valence-electron chi connectivity index (χ3n) is 3.19. The first-order valence-corrected chi connectivity index (χ1v) is 7.73. The molecule has 3 aromatic heterocycles. The van der Waals surface area contributed by atoms with Crippen LogP contribution in [0.2, 0.25) is 0 Å². The van der Waals surface area contributed by atoms with Gasteiger partial charge >= 0.3 is 0 Å². The smallest absolute Gasteiger partial charge is 0.142 e. The lowest BCUT2D eigenvalue weighted by Crippen LogP contribution is -2.18. The van der Waals surface area contributed by atoms with Crippen molar-refractivity contribution in [3.05, 3.63) is 53.7 Å². The maximum atomic E-state index is 4.61. The van der Waals surface area contributed by atoms with Crippen molar-refractivity contribution >= 4 is 11.3 Å². The summed E-state index contributed by atoms with van der Waals surface area (Å²) >= 11 is 1.63. The normalized spacial score (nSPS) is 10.9. The monoisotopic (exact) mass is 299 g/mol. The van der Waals surface area contributed by atoms with Crippen molar-refractivity contribution in [2.45, 2.75) is 13.0 Å². The number of thiazole rings is 1. The highest BCUT2D eigenvalue weighted by Crippen LogP contribution is 2.21. The van der Waals surface area contributed by atoms with E-state index in [4.69, 9.17) is 0 Å². The van der Waals surface area contributed by atoms with E-state index in [2.05, 4.69) is 25.6 Å². The quantitative estimate of drug-likeness (QED) is 0.709. The van der Waals surface area contributed by atoms with Crippen molar-refractivity contribution < 1.29 is 0 Å². The zero-order valence-electron chi connectivity index (χ0n) is 11.9. The number of hydrogen-bond donors (Lipinski definition) is 1. The molecule has 5 nitrogen and oxygen atoms in total. The van der Waals surface area contributed by atoms with Crippen LogP contribution in [0.15, 0.2) is 42.2 Å². The summed E-state index contributed by atoms with van der Waals surface area (Å²) in [5.41, 5.74) is 1.99. The Labute approximate surface area is 127 Å². The molecule has 0 unspecified atom stereocenters. The van der Waals surface area contributed by atoms with Crippen molar-refractivity contribution in [1.29, 1.82) is 0 Å². The van der Waals surface area contributed by atoms with Crippen LogP contribution in [0.5, 0.6) is 0 Å². The molecule has 6 heteroatoms. The number of imidazole rings is 1. The van der Waals surface area contributed by atoms with Gasteiger partial charge in [0.2, 0.25) is 0 Å². The van der Waals surface area contributed by atoms with Gasteiger partial charge in [-0.05, 0) is 12.1 Å². The molecule has 0 aliphatic rings. The lowest BCUT2D eigenvalue weighted by molar-refractivity contribution is 0.648. The second-order valence-corrected chi connectivity index (χ2v) is 5.60. The summed E-state index contributed by atoms with van der Waals surface area (Å²) in [6.45, 7) is 1.66. The molecule has 0 saturated heterocycles. The molecule has 21 heavy (non-hydrogen) atoms. The van der Waals surface area contributed by atoms with Crippen LogP contribution in [0.4, 0.5) is 0 Å². The summed E-state index contributed by atoms with van der Waals surface area (Å²) in [4.78, 5) is 13.2. The topological polar surface area (TPSA) is 55.6 Å². The van der Waals surface area contributed by atoms with Crippen molar-refractivity contribution in [2.75, 3.05) is 6.54 Å². The predicted octanol–water partition coefficient (Wildman–Crippen LogP) is 2.27. The molecule has 0 bridgehead atoms. The summed E-state index contributed by atoms with van der Waals surface area (Å²) < 4.78 is 2.05.